The number of ether oxygens (including phenoxy) is 2. The third kappa shape index (κ3) is 1.31. The molecule has 2 spiro atoms. The minimum atomic E-state index is -0.149. The van der Waals surface area contributed by atoms with Gasteiger partial charge in [0.15, 0.2) is 5.79 Å². The van der Waals surface area contributed by atoms with E-state index in [0.29, 0.717) is 5.41 Å². The number of hydrogen-bond acceptors (Lipinski definition) is 2. The Morgan fingerprint density at radius 2 is 1.50 bits per heavy atom. The van der Waals surface area contributed by atoms with Crippen molar-refractivity contribution in [2.75, 3.05) is 13.2 Å². The monoisotopic (exact) mass is 196 g/mol. The van der Waals surface area contributed by atoms with Crippen molar-refractivity contribution in [3.05, 3.63) is 0 Å². The summed E-state index contributed by atoms with van der Waals surface area (Å²) in [4.78, 5) is 0. The smallest absolute Gasteiger partial charge is 0.168 e. The lowest BCUT2D eigenvalue weighted by Crippen LogP contribution is -2.45. The van der Waals surface area contributed by atoms with Gasteiger partial charge in [-0.25, -0.2) is 0 Å². The highest BCUT2D eigenvalue weighted by Crippen LogP contribution is 2.57. The van der Waals surface area contributed by atoms with Crippen LogP contribution in [-0.4, -0.2) is 19.0 Å². The van der Waals surface area contributed by atoms with Crippen molar-refractivity contribution in [3.63, 3.8) is 0 Å². The van der Waals surface area contributed by atoms with Crippen LogP contribution in [0.2, 0.25) is 0 Å². The molecule has 0 atom stereocenters. The Hall–Kier alpha value is -0.0800. The van der Waals surface area contributed by atoms with Crippen molar-refractivity contribution >= 4 is 0 Å². The fourth-order valence-corrected chi connectivity index (χ4v) is 3.77. The van der Waals surface area contributed by atoms with Crippen molar-refractivity contribution in [2.45, 2.75) is 51.2 Å². The summed E-state index contributed by atoms with van der Waals surface area (Å²) < 4.78 is 11.5. The molecule has 0 aromatic carbocycles. The van der Waals surface area contributed by atoms with E-state index in [1.54, 1.807) is 0 Å². The quantitative estimate of drug-likeness (QED) is 0.593. The van der Waals surface area contributed by atoms with E-state index in [-0.39, 0.29) is 5.79 Å². The molecule has 0 N–H and O–H groups in total. The zero-order valence-corrected chi connectivity index (χ0v) is 9.05. The first kappa shape index (κ1) is 9.17. The molecule has 1 aliphatic heterocycles. The molecule has 14 heavy (non-hydrogen) atoms. The van der Waals surface area contributed by atoms with Gasteiger partial charge in [-0.15, -0.1) is 0 Å². The number of hydrogen-bond donors (Lipinski definition) is 0. The van der Waals surface area contributed by atoms with Crippen LogP contribution >= 0.6 is 0 Å². The van der Waals surface area contributed by atoms with Gasteiger partial charge in [0.05, 0.1) is 13.2 Å². The first-order valence-corrected chi connectivity index (χ1v) is 6.00. The van der Waals surface area contributed by atoms with E-state index in [1.807, 2.05) is 0 Å². The minimum Gasteiger partial charge on any atom is -0.348 e. The van der Waals surface area contributed by atoms with Gasteiger partial charge in [0.1, 0.15) is 0 Å². The first-order chi connectivity index (χ1) is 6.72. The van der Waals surface area contributed by atoms with Gasteiger partial charge in [0.25, 0.3) is 0 Å². The van der Waals surface area contributed by atoms with Crippen LogP contribution in [0.1, 0.15) is 45.4 Å². The summed E-state index contributed by atoms with van der Waals surface area (Å²) in [6, 6.07) is 0. The zero-order chi connectivity index (χ0) is 9.65. The van der Waals surface area contributed by atoms with E-state index < -0.39 is 0 Å². The second-order valence-corrected chi connectivity index (χ2v) is 5.62. The summed E-state index contributed by atoms with van der Waals surface area (Å²) in [5, 5.41) is 0. The second-order valence-electron chi connectivity index (χ2n) is 5.62. The fraction of sp³-hybridized carbons (Fsp3) is 1.00. The molecule has 0 aromatic heterocycles. The molecule has 3 rings (SSSR count). The fourth-order valence-electron chi connectivity index (χ4n) is 3.77. The average molecular weight is 196 g/mol. The van der Waals surface area contributed by atoms with Crippen LogP contribution in [-0.2, 0) is 9.47 Å². The molecule has 2 saturated carbocycles. The summed E-state index contributed by atoms with van der Waals surface area (Å²) in [5.74, 6) is 0.818. The normalized spacial score (nSPS) is 34.9. The molecule has 3 fully saturated rings. The van der Waals surface area contributed by atoms with Gasteiger partial charge < -0.3 is 9.47 Å². The lowest BCUT2D eigenvalue weighted by molar-refractivity contribution is -0.202. The summed E-state index contributed by atoms with van der Waals surface area (Å²) in [6.07, 6.45) is 7.83. The SMILES string of the molecule is CC1CC2(CCC3(CC2)OCCO3)C1. The van der Waals surface area contributed by atoms with E-state index >= 15 is 0 Å². The van der Waals surface area contributed by atoms with E-state index in [0.717, 1.165) is 32.0 Å². The Morgan fingerprint density at radius 3 is 2.00 bits per heavy atom. The molecule has 2 aliphatic carbocycles. The lowest BCUT2D eigenvalue weighted by Gasteiger charge is -2.52. The Kier molecular flexibility index (Phi) is 1.94. The predicted octanol–water partition coefficient (Wildman–Crippen LogP) is 2.72. The maximum absolute atomic E-state index is 5.75. The van der Waals surface area contributed by atoms with Crippen LogP contribution in [0.25, 0.3) is 0 Å². The van der Waals surface area contributed by atoms with Crippen LogP contribution in [0.4, 0.5) is 0 Å². The molecule has 2 nitrogen and oxygen atoms in total. The summed E-state index contributed by atoms with van der Waals surface area (Å²) in [5.41, 5.74) is 0.694. The van der Waals surface area contributed by atoms with Crippen molar-refractivity contribution in [1.29, 1.82) is 0 Å². The topological polar surface area (TPSA) is 18.5 Å². The van der Waals surface area contributed by atoms with Gasteiger partial charge in [-0.05, 0) is 37.0 Å². The van der Waals surface area contributed by atoms with Crippen LogP contribution in [0.15, 0.2) is 0 Å². The van der Waals surface area contributed by atoms with Crippen LogP contribution in [0.3, 0.4) is 0 Å². The highest BCUT2D eigenvalue weighted by Gasteiger charge is 2.50. The molecule has 1 saturated heterocycles. The Morgan fingerprint density at radius 1 is 0.929 bits per heavy atom. The molecule has 0 amide bonds. The van der Waals surface area contributed by atoms with Gasteiger partial charge in [-0.1, -0.05) is 6.92 Å². The number of rotatable bonds is 0. The molecule has 0 bridgehead atoms. The Labute approximate surface area is 86.0 Å². The summed E-state index contributed by atoms with van der Waals surface area (Å²) in [7, 11) is 0. The van der Waals surface area contributed by atoms with Crippen molar-refractivity contribution in [3.8, 4) is 0 Å². The van der Waals surface area contributed by atoms with E-state index in [9.17, 15) is 0 Å². The Balaban J connectivity index is 1.62. The van der Waals surface area contributed by atoms with Gasteiger partial charge >= 0.3 is 0 Å². The predicted molar refractivity (Wildman–Crippen MR) is 53.9 cm³/mol. The minimum absolute atomic E-state index is 0.149. The maximum Gasteiger partial charge on any atom is 0.168 e. The average Bonchev–Trinajstić information content (AvgIpc) is 2.57. The highest BCUT2D eigenvalue weighted by molar-refractivity contribution is 4.98. The third-order valence-corrected chi connectivity index (χ3v) is 4.45. The maximum atomic E-state index is 5.75. The second kappa shape index (κ2) is 2.96. The third-order valence-electron chi connectivity index (χ3n) is 4.45. The zero-order valence-electron chi connectivity index (χ0n) is 9.05. The van der Waals surface area contributed by atoms with E-state index in [4.69, 9.17) is 9.47 Å². The van der Waals surface area contributed by atoms with Crippen LogP contribution in [0.5, 0.6) is 0 Å². The largest absolute Gasteiger partial charge is 0.348 e. The van der Waals surface area contributed by atoms with Crippen molar-refractivity contribution in [2.24, 2.45) is 11.3 Å². The molecular weight excluding hydrogens is 176 g/mol. The molecular formula is C12H20O2. The molecule has 80 valence electrons. The van der Waals surface area contributed by atoms with Gasteiger partial charge in [-0.2, -0.15) is 0 Å². The van der Waals surface area contributed by atoms with Crippen molar-refractivity contribution < 1.29 is 9.47 Å². The summed E-state index contributed by atoms with van der Waals surface area (Å²) in [6.45, 7) is 3.99. The standard InChI is InChI=1S/C12H20O2/c1-10-8-11(9-10)2-4-12(5-3-11)13-6-7-14-12/h10H,2-9H2,1H3. The molecule has 0 radical (unpaired) electrons. The molecule has 0 unspecified atom stereocenters. The lowest BCUT2D eigenvalue weighted by atomic mass is 9.55. The highest BCUT2D eigenvalue weighted by atomic mass is 16.7. The first-order valence-electron chi connectivity index (χ1n) is 6.00. The van der Waals surface area contributed by atoms with Gasteiger partial charge in [0, 0.05) is 12.8 Å². The van der Waals surface area contributed by atoms with E-state index in [1.165, 1.54) is 25.7 Å². The molecule has 2 heteroatoms. The molecule has 1 heterocycles. The van der Waals surface area contributed by atoms with Gasteiger partial charge in [0.2, 0.25) is 0 Å². The van der Waals surface area contributed by atoms with Gasteiger partial charge in [-0.3, -0.25) is 0 Å². The van der Waals surface area contributed by atoms with Crippen LogP contribution in [0, 0.1) is 11.3 Å². The van der Waals surface area contributed by atoms with Crippen molar-refractivity contribution in [1.82, 2.24) is 0 Å². The Bertz CT molecular complexity index is 212. The molecule has 3 aliphatic rings. The van der Waals surface area contributed by atoms with Crippen LogP contribution < -0.4 is 0 Å². The summed E-state index contributed by atoms with van der Waals surface area (Å²) >= 11 is 0. The van der Waals surface area contributed by atoms with E-state index in [2.05, 4.69) is 6.92 Å². The molecule has 0 aromatic rings.